The quantitative estimate of drug-likeness (QED) is 0.789. The Morgan fingerprint density at radius 2 is 2.05 bits per heavy atom. The van der Waals surface area contributed by atoms with Crippen LogP contribution in [0.5, 0.6) is 5.75 Å². The molecule has 5 nitrogen and oxygen atoms in total. The third kappa shape index (κ3) is 1.86. The lowest BCUT2D eigenvalue weighted by atomic mass is 9.98. The largest absolute Gasteiger partial charge is 0.493 e. The van der Waals surface area contributed by atoms with Crippen molar-refractivity contribution in [3.63, 3.8) is 0 Å². The minimum absolute atomic E-state index is 0.0504. The van der Waals surface area contributed by atoms with Gasteiger partial charge in [0.25, 0.3) is 0 Å². The fourth-order valence-corrected chi connectivity index (χ4v) is 2.87. The zero-order chi connectivity index (χ0) is 15.1. The Balaban J connectivity index is 2.05. The first-order valence-electron chi connectivity index (χ1n) is 7.12. The van der Waals surface area contributed by atoms with Crippen molar-refractivity contribution in [3.05, 3.63) is 42.0 Å². The number of ether oxygens (including phenoxy) is 1. The molecule has 1 amide bonds. The number of hydrogen-bond acceptors (Lipinski definition) is 4. The molecule has 0 unspecified atom stereocenters. The average Bonchev–Trinajstić information content (AvgIpc) is 2.94. The number of rotatable bonds is 2. The molecule has 1 aromatic heterocycles. The maximum Gasteiger partial charge on any atom is 0.240 e. The summed E-state index contributed by atoms with van der Waals surface area (Å²) < 4.78 is 11.4. The van der Waals surface area contributed by atoms with Crippen molar-refractivity contribution in [1.29, 1.82) is 0 Å². The highest BCUT2D eigenvalue weighted by molar-refractivity contribution is 6.20. The van der Waals surface area contributed by atoms with Crippen molar-refractivity contribution < 1.29 is 13.9 Å². The van der Waals surface area contributed by atoms with Gasteiger partial charge in [0.1, 0.15) is 5.58 Å². The molecule has 2 aromatic carbocycles. The lowest BCUT2D eigenvalue weighted by Crippen LogP contribution is -2.26. The predicted octanol–water partition coefficient (Wildman–Crippen LogP) is 3.21. The molecule has 1 N–H and O–H groups in total. The molecule has 4 rings (SSSR count). The summed E-state index contributed by atoms with van der Waals surface area (Å²) in [7, 11) is 1.62. The van der Waals surface area contributed by atoms with Crippen molar-refractivity contribution in [3.8, 4) is 5.75 Å². The highest BCUT2D eigenvalue weighted by Gasteiger charge is 2.20. The minimum Gasteiger partial charge on any atom is -0.493 e. The second-order valence-electron chi connectivity index (χ2n) is 5.21. The van der Waals surface area contributed by atoms with Crippen molar-refractivity contribution in [2.75, 3.05) is 7.11 Å². The van der Waals surface area contributed by atoms with Gasteiger partial charge in [0, 0.05) is 29.2 Å². The topological polar surface area (TPSA) is 63.8 Å². The molecule has 0 fully saturated rings. The number of hydrazone groups is 1. The molecule has 0 saturated carbocycles. The molecule has 22 heavy (non-hydrogen) atoms. The van der Waals surface area contributed by atoms with Gasteiger partial charge < -0.3 is 9.15 Å². The summed E-state index contributed by atoms with van der Waals surface area (Å²) >= 11 is 0. The summed E-state index contributed by atoms with van der Waals surface area (Å²) in [6.45, 7) is 0. The van der Waals surface area contributed by atoms with Crippen LogP contribution in [0, 0.1) is 0 Å². The molecule has 5 heteroatoms. The molecular formula is C17H14N2O3. The van der Waals surface area contributed by atoms with E-state index in [2.05, 4.69) is 10.5 Å². The molecule has 0 bridgehead atoms. The average molecular weight is 294 g/mol. The Morgan fingerprint density at radius 3 is 2.82 bits per heavy atom. The second kappa shape index (κ2) is 4.87. The number of hydrogen-bond donors (Lipinski definition) is 1. The normalized spacial score (nSPS) is 15.0. The van der Waals surface area contributed by atoms with E-state index in [1.807, 2.05) is 36.4 Å². The first-order valence-corrected chi connectivity index (χ1v) is 7.12. The summed E-state index contributed by atoms with van der Waals surface area (Å²) in [6, 6.07) is 11.7. The van der Waals surface area contributed by atoms with Gasteiger partial charge in [-0.25, -0.2) is 5.43 Å². The lowest BCUT2D eigenvalue weighted by molar-refractivity contribution is -0.121. The SMILES string of the molecule is COc1ccc(C2=NNC(=O)CC2)c2c1oc1ccccc12. The van der Waals surface area contributed by atoms with E-state index in [9.17, 15) is 4.79 Å². The van der Waals surface area contributed by atoms with Crippen LogP contribution >= 0.6 is 0 Å². The standard InChI is InChI=1S/C17H14N2O3/c1-21-14-8-6-10(12-7-9-15(20)19-18-12)16-11-4-2-3-5-13(11)22-17(14)16/h2-6,8H,7,9H2,1H3,(H,19,20). The Labute approximate surface area is 126 Å². The van der Waals surface area contributed by atoms with Crippen LogP contribution in [0.4, 0.5) is 0 Å². The maximum atomic E-state index is 11.3. The Morgan fingerprint density at radius 1 is 1.18 bits per heavy atom. The number of nitrogens with one attached hydrogen (secondary N) is 1. The Kier molecular flexibility index (Phi) is 2.85. The van der Waals surface area contributed by atoms with Crippen LogP contribution in [0.25, 0.3) is 21.9 Å². The van der Waals surface area contributed by atoms with Crippen LogP contribution in [0.15, 0.2) is 45.9 Å². The summed E-state index contributed by atoms with van der Waals surface area (Å²) in [5.41, 5.74) is 5.90. The van der Waals surface area contributed by atoms with Gasteiger partial charge >= 0.3 is 0 Å². The van der Waals surface area contributed by atoms with Gasteiger partial charge in [-0.15, -0.1) is 0 Å². The highest BCUT2D eigenvalue weighted by Crippen LogP contribution is 2.37. The molecule has 3 aromatic rings. The molecule has 1 aliphatic heterocycles. The summed E-state index contributed by atoms with van der Waals surface area (Å²) in [6.07, 6.45) is 1.06. The number of benzene rings is 2. The molecule has 2 heterocycles. The van der Waals surface area contributed by atoms with Gasteiger partial charge in [-0.2, -0.15) is 5.10 Å². The van der Waals surface area contributed by atoms with Gasteiger partial charge in [0.2, 0.25) is 5.91 Å². The van der Waals surface area contributed by atoms with Gasteiger partial charge in [0.05, 0.1) is 12.8 Å². The van der Waals surface area contributed by atoms with Crippen LogP contribution in [0.2, 0.25) is 0 Å². The van der Waals surface area contributed by atoms with Gasteiger partial charge in [-0.05, 0) is 18.2 Å². The van der Waals surface area contributed by atoms with Crippen LogP contribution in [-0.4, -0.2) is 18.7 Å². The van der Waals surface area contributed by atoms with Gasteiger partial charge in [-0.3, -0.25) is 4.79 Å². The van der Waals surface area contributed by atoms with Crippen LogP contribution in [0.3, 0.4) is 0 Å². The number of carbonyl (C=O) groups excluding carboxylic acids is 1. The van der Waals surface area contributed by atoms with Crippen molar-refractivity contribution >= 4 is 33.6 Å². The number of para-hydroxylation sites is 1. The van der Waals surface area contributed by atoms with E-state index < -0.39 is 0 Å². The Bertz CT molecular complexity index is 924. The van der Waals surface area contributed by atoms with E-state index >= 15 is 0 Å². The smallest absolute Gasteiger partial charge is 0.240 e. The molecule has 0 spiro atoms. The van der Waals surface area contributed by atoms with Gasteiger partial charge in [0.15, 0.2) is 11.3 Å². The fraction of sp³-hybridized carbons (Fsp3) is 0.176. The zero-order valence-electron chi connectivity index (χ0n) is 12.1. The molecule has 0 radical (unpaired) electrons. The van der Waals surface area contributed by atoms with E-state index in [4.69, 9.17) is 9.15 Å². The van der Waals surface area contributed by atoms with Crippen LogP contribution < -0.4 is 10.2 Å². The predicted molar refractivity (Wildman–Crippen MR) is 84.2 cm³/mol. The number of amides is 1. The third-order valence-electron chi connectivity index (χ3n) is 3.93. The zero-order valence-corrected chi connectivity index (χ0v) is 12.1. The lowest BCUT2D eigenvalue weighted by Gasteiger charge is -2.13. The van der Waals surface area contributed by atoms with Crippen molar-refractivity contribution in [2.24, 2.45) is 5.10 Å². The van der Waals surface area contributed by atoms with E-state index in [1.165, 1.54) is 0 Å². The number of nitrogens with zero attached hydrogens (tertiary/aromatic N) is 1. The van der Waals surface area contributed by atoms with Crippen molar-refractivity contribution in [1.82, 2.24) is 5.43 Å². The van der Waals surface area contributed by atoms with Crippen LogP contribution in [-0.2, 0) is 4.79 Å². The number of furan rings is 1. The number of methoxy groups -OCH3 is 1. The molecule has 110 valence electrons. The Hall–Kier alpha value is -2.82. The first-order chi connectivity index (χ1) is 10.8. The van der Waals surface area contributed by atoms with Crippen molar-refractivity contribution in [2.45, 2.75) is 12.8 Å². The molecule has 0 saturated heterocycles. The molecule has 1 aliphatic rings. The number of fused-ring (bicyclic) bond motifs is 3. The maximum absolute atomic E-state index is 11.3. The van der Waals surface area contributed by atoms with E-state index in [-0.39, 0.29) is 5.91 Å². The van der Waals surface area contributed by atoms with E-state index in [0.717, 1.165) is 27.6 Å². The summed E-state index contributed by atoms with van der Waals surface area (Å²) in [5.74, 6) is 0.640. The summed E-state index contributed by atoms with van der Waals surface area (Å²) in [4.78, 5) is 11.3. The third-order valence-corrected chi connectivity index (χ3v) is 3.93. The second-order valence-corrected chi connectivity index (χ2v) is 5.21. The van der Waals surface area contributed by atoms with Gasteiger partial charge in [-0.1, -0.05) is 18.2 Å². The minimum atomic E-state index is -0.0504. The monoisotopic (exact) mass is 294 g/mol. The first kappa shape index (κ1) is 12.9. The summed E-state index contributed by atoms with van der Waals surface area (Å²) in [5, 5.41) is 6.20. The number of carbonyl (C=O) groups is 1. The van der Waals surface area contributed by atoms with E-state index in [0.29, 0.717) is 24.2 Å². The molecule has 0 atom stereocenters. The highest BCUT2D eigenvalue weighted by atomic mass is 16.5. The molecular weight excluding hydrogens is 280 g/mol. The van der Waals surface area contributed by atoms with Crippen LogP contribution in [0.1, 0.15) is 18.4 Å². The molecule has 0 aliphatic carbocycles. The fourth-order valence-electron chi connectivity index (χ4n) is 2.87. The van der Waals surface area contributed by atoms with E-state index in [1.54, 1.807) is 7.11 Å².